The van der Waals surface area contributed by atoms with Gasteiger partial charge in [0.05, 0.1) is 19.1 Å². The first-order valence-corrected chi connectivity index (χ1v) is 6.01. The van der Waals surface area contributed by atoms with Crippen LogP contribution in [0.25, 0.3) is 0 Å². The zero-order valence-corrected chi connectivity index (χ0v) is 11.3. The van der Waals surface area contributed by atoms with Crippen LogP contribution >= 0.6 is 0 Å². The summed E-state index contributed by atoms with van der Waals surface area (Å²) in [6.45, 7) is 8.04. The van der Waals surface area contributed by atoms with Crippen molar-refractivity contribution in [1.82, 2.24) is 0 Å². The van der Waals surface area contributed by atoms with E-state index >= 15 is 0 Å². The summed E-state index contributed by atoms with van der Waals surface area (Å²) in [5.41, 5.74) is -1.16. The third-order valence-electron chi connectivity index (χ3n) is 3.58. The van der Waals surface area contributed by atoms with Crippen molar-refractivity contribution in [3.63, 3.8) is 0 Å². The number of hydrogen-bond acceptors (Lipinski definition) is 4. The quantitative estimate of drug-likeness (QED) is 0.528. The summed E-state index contributed by atoms with van der Waals surface area (Å²) in [5.74, 6) is -0.168. The Morgan fingerprint density at radius 3 is 2.24 bits per heavy atom. The van der Waals surface area contributed by atoms with Crippen LogP contribution < -0.4 is 0 Å². The molecule has 98 valence electrons. The Balaban J connectivity index is 2.78. The van der Waals surface area contributed by atoms with Gasteiger partial charge in [-0.25, -0.2) is 0 Å². The molecule has 0 aromatic carbocycles. The van der Waals surface area contributed by atoms with Gasteiger partial charge in [0.2, 0.25) is 0 Å². The van der Waals surface area contributed by atoms with Crippen molar-refractivity contribution in [2.75, 3.05) is 13.7 Å². The van der Waals surface area contributed by atoms with Crippen LogP contribution in [0, 0.1) is 10.8 Å². The summed E-state index contributed by atoms with van der Waals surface area (Å²) in [6.07, 6.45) is 0.882. The first kappa shape index (κ1) is 14.2. The number of carbonyl (C=O) groups excluding carboxylic acids is 2. The maximum atomic E-state index is 12.1. The van der Waals surface area contributed by atoms with Crippen LogP contribution in [0.1, 0.15) is 40.5 Å². The lowest BCUT2D eigenvalue weighted by molar-refractivity contribution is -0.154. The van der Waals surface area contributed by atoms with Gasteiger partial charge in [-0.1, -0.05) is 20.8 Å². The summed E-state index contributed by atoms with van der Waals surface area (Å²) in [5, 5.41) is 0. The highest BCUT2D eigenvalue weighted by atomic mass is 16.6. The lowest BCUT2D eigenvalue weighted by Gasteiger charge is -2.33. The minimum absolute atomic E-state index is 0.0843. The smallest absolute Gasteiger partial charge is 0.311 e. The van der Waals surface area contributed by atoms with Crippen LogP contribution in [-0.2, 0) is 19.1 Å². The molecule has 0 N–H and O–H groups in total. The number of ketones is 1. The van der Waals surface area contributed by atoms with E-state index in [-0.39, 0.29) is 17.9 Å². The van der Waals surface area contributed by atoms with Gasteiger partial charge >= 0.3 is 5.97 Å². The summed E-state index contributed by atoms with van der Waals surface area (Å²) in [6, 6.07) is 0. The summed E-state index contributed by atoms with van der Waals surface area (Å²) >= 11 is 0. The molecular formula is C13H22O4. The predicted molar refractivity (Wildman–Crippen MR) is 63.6 cm³/mol. The summed E-state index contributed by atoms with van der Waals surface area (Å²) in [7, 11) is 1.38. The minimum atomic E-state index is -0.608. The van der Waals surface area contributed by atoms with Crippen molar-refractivity contribution in [1.29, 1.82) is 0 Å². The summed E-state index contributed by atoms with van der Waals surface area (Å²) < 4.78 is 9.85. The minimum Gasteiger partial charge on any atom is -0.469 e. The lowest BCUT2D eigenvalue weighted by Crippen LogP contribution is -2.39. The molecule has 4 nitrogen and oxygen atoms in total. The van der Waals surface area contributed by atoms with Gasteiger partial charge in [-0.05, 0) is 19.8 Å². The Morgan fingerprint density at radius 1 is 1.35 bits per heavy atom. The normalized spacial score (nSPS) is 22.8. The van der Waals surface area contributed by atoms with Crippen LogP contribution in [0.2, 0.25) is 0 Å². The second kappa shape index (κ2) is 4.77. The van der Waals surface area contributed by atoms with Gasteiger partial charge in [-0.2, -0.15) is 0 Å². The van der Waals surface area contributed by atoms with Gasteiger partial charge < -0.3 is 9.47 Å². The largest absolute Gasteiger partial charge is 0.469 e. The van der Waals surface area contributed by atoms with Crippen molar-refractivity contribution in [2.45, 2.75) is 46.6 Å². The molecular weight excluding hydrogens is 220 g/mol. The Bertz CT molecular complexity index is 317. The molecule has 0 aromatic rings. The predicted octanol–water partition coefficient (Wildman–Crippen LogP) is 1.96. The maximum Gasteiger partial charge on any atom is 0.311 e. The fourth-order valence-electron chi connectivity index (χ4n) is 2.29. The van der Waals surface area contributed by atoms with E-state index in [1.165, 1.54) is 7.11 Å². The first-order chi connectivity index (χ1) is 7.77. The van der Waals surface area contributed by atoms with Crippen molar-refractivity contribution < 1.29 is 19.1 Å². The number of methoxy groups -OCH3 is 1. The van der Waals surface area contributed by atoms with Crippen LogP contribution in [0.5, 0.6) is 0 Å². The number of ether oxygens (including phenoxy) is 2. The van der Waals surface area contributed by atoms with Gasteiger partial charge in [0.1, 0.15) is 6.10 Å². The number of Topliss-reactive ketones (excluding diaryl/α,β-unsaturated/α-hetero) is 1. The van der Waals surface area contributed by atoms with Crippen LogP contribution in [-0.4, -0.2) is 31.6 Å². The average molecular weight is 242 g/mol. The SMILES string of the molecule is CCC(C)(CC(C)(C)C(=O)C1CO1)C(=O)OC. The van der Waals surface area contributed by atoms with E-state index in [1.54, 1.807) is 0 Å². The van der Waals surface area contributed by atoms with E-state index in [0.717, 1.165) is 0 Å². The van der Waals surface area contributed by atoms with Crippen LogP contribution in [0.15, 0.2) is 0 Å². The molecule has 1 saturated heterocycles. The number of hydrogen-bond donors (Lipinski definition) is 0. The van der Waals surface area contributed by atoms with Gasteiger partial charge in [0.25, 0.3) is 0 Å². The molecule has 1 fully saturated rings. The van der Waals surface area contributed by atoms with Gasteiger partial charge in [0.15, 0.2) is 5.78 Å². The average Bonchev–Trinajstić information content (AvgIpc) is 3.09. The van der Waals surface area contributed by atoms with Crippen molar-refractivity contribution in [2.24, 2.45) is 10.8 Å². The maximum absolute atomic E-state index is 12.1. The van der Waals surface area contributed by atoms with E-state index in [4.69, 9.17) is 9.47 Å². The zero-order valence-electron chi connectivity index (χ0n) is 11.3. The second-order valence-corrected chi connectivity index (χ2v) is 5.65. The third-order valence-corrected chi connectivity index (χ3v) is 3.58. The highest BCUT2D eigenvalue weighted by Gasteiger charge is 2.46. The molecule has 0 spiro atoms. The van der Waals surface area contributed by atoms with Gasteiger partial charge in [-0.3, -0.25) is 9.59 Å². The molecule has 1 heterocycles. The Morgan fingerprint density at radius 2 is 1.88 bits per heavy atom. The lowest BCUT2D eigenvalue weighted by atomic mass is 9.70. The highest BCUT2D eigenvalue weighted by molar-refractivity contribution is 5.90. The Kier molecular flexibility index (Phi) is 3.97. The Labute approximate surface area is 103 Å². The molecule has 0 saturated carbocycles. The molecule has 1 aliphatic heterocycles. The van der Waals surface area contributed by atoms with Crippen molar-refractivity contribution >= 4 is 11.8 Å². The first-order valence-electron chi connectivity index (χ1n) is 6.01. The molecule has 0 amide bonds. The third kappa shape index (κ3) is 3.06. The number of carbonyl (C=O) groups is 2. The van der Waals surface area contributed by atoms with Gasteiger partial charge in [-0.15, -0.1) is 0 Å². The van der Waals surface area contributed by atoms with E-state index in [9.17, 15) is 9.59 Å². The molecule has 0 aromatic heterocycles. The number of esters is 1. The van der Waals surface area contributed by atoms with Gasteiger partial charge in [0, 0.05) is 5.41 Å². The molecule has 4 heteroatoms. The molecule has 0 aliphatic carbocycles. The van der Waals surface area contributed by atoms with Crippen molar-refractivity contribution in [3.05, 3.63) is 0 Å². The standard InChI is InChI=1S/C13H22O4/c1-6-13(4,11(15)16-5)8-12(2,3)10(14)9-7-17-9/h9H,6-8H2,1-5H3. The molecule has 2 atom stereocenters. The van der Waals surface area contributed by atoms with Crippen LogP contribution in [0.3, 0.4) is 0 Å². The molecule has 0 radical (unpaired) electrons. The van der Waals surface area contributed by atoms with E-state index < -0.39 is 10.8 Å². The highest BCUT2D eigenvalue weighted by Crippen LogP contribution is 2.40. The second-order valence-electron chi connectivity index (χ2n) is 5.65. The molecule has 1 aliphatic rings. The van der Waals surface area contributed by atoms with E-state index in [0.29, 0.717) is 19.4 Å². The fourth-order valence-corrected chi connectivity index (χ4v) is 2.29. The fraction of sp³-hybridized carbons (Fsp3) is 0.846. The van der Waals surface area contributed by atoms with Crippen LogP contribution in [0.4, 0.5) is 0 Å². The molecule has 2 unspecified atom stereocenters. The molecule has 1 rings (SSSR count). The molecule has 17 heavy (non-hydrogen) atoms. The number of epoxide rings is 1. The van der Waals surface area contributed by atoms with Crippen molar-refractivity contribution in [3.8, 4) is 0 Å². The summed E-state index contributed by atoms with van der Waals surface area (Å²) in [4.78, 5) is 23.8. The molecule has 0 bridgehead atoms. The topological polar surface area (TPSA) is 55.9 Å². The van der Waals surface area contributed by atoms with E-state index in [2.05, 4.69) is 0 Å². The Hall–Kier alpha value is -0.900. The van der Waals surface area contributed by atoms with E-state index in [1.807, 2.05) is 27.7 Å². The monoisotopic (exact) mass is 242 g/mol. The zero-order chi connectivity index (χ0) is 13.3. The number of rotatable bonds is 6.